The fourth-order valence-corrected chi connectivity index (χ4v) is 4.73. The molecule has 152 valence electrons. The minimum absolute atomic E-state index is 0.137. The first-order valence-corrected chi connectivity index (χ1v) is 10.3. The molecule has 1 aliphatic carbocycles. The van der Waals surface area contributed by atoms with E-state index in [-0.39, 0.29) is 42.3 Å². The van der Waals surface area contributed by atoms with Crippen molar-refractivity contribution in [1.82, 2.24) is 15.1 Å². The third-order valence-electron chi connectivity index (χ3n) is 6.31. The topological polar surface area (TPSA) is 69.7 Å². The maximum atomic E-state index is 13.1. The van der Waals surface area contributed by atoms with Gasteiger partial charge in [-0.2, -0.15) is 0 Å². The Morgan fingerprint density at radius 1 is 1.21 bits per heavy atom. The molecule has 2 fully saturated rings. The van der Waals surface area contributed by atoms with Crippen molar-refractivity contribution in [3.63, 3.8) is 0 Å². The number of nitrogens with one attached hydrogen (secondary N) is 1. The molecule has 0 radical (unpaired) electrons. The summed E-state index contributed by atoms with van der Waals surface area (Å²) in [7, 11) is 0. The highest BCUT2D eigenvalue weighted by molar-refractivity contribution is 5.99. The van der Waals surface area contributed by atoms with Gasteiger partial charge in [0.25, 0.3) is 0 Å². The van der Waals surface area contributed by atoms with Crippen molar-refractivity contribution in [2.45, 2.75) is 31.7 Å². The van der Waals surface area contributed by atoms with Crippen molar-refractivity contribution in [3.8, 4) is 0 Å². The third-order valence-corrected chi connectivity index (χ3v) is 6.31. The van der Waals surface area contributed by atoms with E-state index in [9.17, 15) is 14.4 Å². The quantitative estimate of drug-likeness (QED) is 0.800. The molecule has 6 nitrogen and oxygen atoms in total. The fraction of sp³-hybridized carbons (Fsp3) is 0.435. The number of imide groups is 1. The summed E-state index contributed by atoms with van der Waals surface area (Å²) in [5.41, 5.74) is 2.50. The van der Waals surface area contributed by atoms with Crippen molar-refractivity contribution in [2.75, 3.05) is 19.6 Å². The Bertz CT molecular complexity index is 848. The van der Waals surface area contributed by atoms with E-state index in [1.165, 1.54) is 16.0 Å². The predicted molar refractivity (Wildman–Crippen MR) is 111 cm³/mol. The molecular formula is C23H27N3O3. The summed E-state index contributed by atoms with van der Waals surface area (Å²) < 4.78 is 0. The molecule has 29 heavy (non-hydrogen) atoms. The first-order valence-electron chi connectivity index (χ1n) is 10.3. The maximum absolute atomic E-state index is 13.1. The molecule has 2 heterocycles. The lowest BCUT2D eigenvalue weighted by Gasteiger charge is -2.42. The summed E-state index contributed by atoms with van der Waals surface area (Å²) in [4.78, 5) is 41.1. The molecule has 1 N–H and O–H groups in total. The molecule has 0 aromatic heterocycles. The number of benzene rings is 1. The van der Waals surface area contributed by atoms with Gasteiger partial charge in [-0.15, -0.1) is 6.58 Å². The van der Waals surface area contributed by atoms with Gasteiger partial charge < -0.3 is 10.2 Å². The number of fused-ring (bicyclic) bond motifs is 1. The van der Waals surface area contributed by atoms with E-state index in [2.05, 4.69) is 30.1 Å². The Balaban J connectivity index is 1.38. The predicted octanol–water partition coefficient (Wildman–Crippen LogP) is 2.83. The minimum Gasteiger partial charge on any atom is -0.338 e. The summed E-state index contributed by atoms with van der Waals surface area (Å²) in [6, 6.07) is 9.64. The zero-order valence-electron chi connectivity index (χ0n) is 16.5. The van der Waals surface area contributed by atoms with Gasteiger partial charge in [0, 0.05) is 31.6 Å². The monoisotopic (exact) mass is 393 g/mol. The normalized spacial score (nSPS) is 27.0. The van der Waals surface area contributed by atoms with Gasteiger partial charge in [0.1, 0.15) is 0 Å². The molecule has 1 aromatic carbocycles. The average molecular weight is 393 g/mol. The SMILES string of the molecule is C=CCN1C(=O)NC2CC(C(=O)N3CC=C(c4ccccc4)CC3)CCC2C1=O. The van der Waals surface area contributed by atoms with E-state index in [1.54, 1.807) is 6.08 Å². The summed E-state index contributed by atoms with van der Waals surface area (Å²) in [5.74, 6) is -0.371. The van der Waals surface area contributed by atoms with Crippen LogP contribution in [0.25, 0.3) is 5.57 Å². The number of carbonyl (C=O) groups excluding carboxylic acids is 3. The number of amides is 4. The van der Waals surface area contributed by atoms with Crippen LogP contribution >= 0.6 is 0 Å². The first-order chi connectivity index (χ1) is 14.1. The van der Waals surface area contributed by atoms with Crippen molar-refractivity contribution in [1.29, 1.82) is 0 Å². The average Bonchev–Trinajstić information content (AvgIpc) is 2.76. The first kappa shape index (κ1) is 19.4. The van der Waals surface area contributed by atoms with Gasteiger partial charge in [-0.1, -0.05) is 42.5 Å². The van der Waals surface area contributed by atoms with Crippen LogP contribution in [0.3, 0.4) is 0 Å². The van der Waals surface area contributed by atoms with Gasteiger partial charge in [0.15, 0.2) is 0 Å². The summed E-state index contributed by atoms with van der Waals surface area (Å²) in [6.45, 7) is 5.16. The molecule has 0 bridgehead atoms. The molecular weight excluding hydrogens is 366 g/mol. The van der Waals surface area contributed by atoms with Crippen LogP contribution in [0.2, 0.25) is 0 Å². The Morgan fingerprint density at radius 3 is 2.69 bits per heavy atom. The minimum atomic E-state index is -0.377. The van der Waals surface area contributed by atoms with E-state index < -0.39 is 0 Å². The standard InChI is InChI=1S/C23H27N3O3/c1-2-12-26-22(28)19-9-8-18(15-20(19)24-23(26)29)21(27)25-13-10-17(11-14-25)16-6-4-3-5-7-16/h2-7,10,18-20H,1,8-9,11-15H2,(H,24,29). The molecule has 0 spiro atoms. The van der Waals surface area contributed by atoms with Crippen molar-refractivity contribution in [3.05, 3.63) is 54.6 Å². The number of carbonyl (C=O) groups is 3. The molecule has 6 heteroatoms. The molecule has 1 aromatic rings. The van der Waals surface area contributed by atoms with Gasteiger partial charge >= 0.3 is 6.03 Å². The van der Waals surface area contributed by atoms with Crippen molar-refractivity contribution >= 4 is 23.4 Å². The molecule has 3 aliphatic rings. The largest absolute Gasteiger partial charge is 0.338 e. The van der Waals surface area contributed by atoms with E-state index >= 15 is 0 Å². The highest BCUT2D eigenvalue weighted by Crippen LogP contribution is 2.34. The van der Waals surface area contributed by atoms with Crippen LogP contribution < -0.4 is 5.32 Å². The zero-order chi connectivity index (χ0) is 20.4. The number of urea groups is 1. The van der Waals surface area contributed by atoms with Crippen LogP contribution in [0.4, 0.5) is 4.79 Å². The second-order valence-corrected chi connectivity index (χ2v) is 8.04. The van der Waals surface area contributed by atoms with Gasteiger partial charge in [-0.25, -0.2) is 4.79 Å². The molecule has 1 saturated carbocycles. The molecule has 1 saturated heterocycles. The summed E-state index contributed by atoms with van der Waals surface area (Å²) in [5, 5.41) is 2.94. The molecule has 3 atom stereocenters. The second kappa shape index (κ2) is 8.23. The van der Waals surface area contributed by atoms with Gasteiger partial charge in [-0.05, 0) is 36.8 Å². The third kappa shape index (κ3) is 3.84. The van der Waals surface area contributed by atoms with E-state index in [0.29, 0.717) is 32.4 Å². The Labute approximate surface area is 171 Å². The van der Waals surface area contributed by atoms with Gasteiger partial charge in [-0.3, -0.25) is 14.5 Å². The van der Waals surface area contributed by atoms with Crippen LogP contribution in [0.5, 0.6) is 0 Å². The number of hydrogen-bond acceptors (Lipinski definition) is 3. The molecule has 3 unspecified atom stereocenters. The van der Waals surface area contributed by atoms with Crippen LogP contribution in [-0.2, 0) is 9.59 Å². The fourth-order valence-electron chi connectivity index (χ4n) is 4.73. The number of rotatable bonds is 4. The summed E-state index contributed by atoms with van der Waals surface area (Å²) in [6.07, 6.45) is 6.40. The highest BCUT2D eigenvalue weighted by Gasteiger charge is 2.45. The lowest BCUT2D eigenvalue weighted by Crippen LogP contribution is -2.62. The van der Waals surface area contributed by atoms with Crippen LogP contribution in [0.15, 0.2) is 49.1 Å². The lowest BCUT2D eigenvalue weighted by molar-refractivity contribution is -0.142. The Kier molecular flexibility index (Phi) is 5.51. The Morgan fingerprint density at radius 2 is 2.00 bits per heavy atom. The van der Waals surface area contributed by atoms with E-state index in [4.69, 9.17) is 0 Å². The highest BCUT2D eigenvalue weighted by atomic mass is 16.2. The maximum Gasteiger partial charge on any atom is 0.324 e. The second-order valence-electron chi connectivity index (χ2n) is 8.04. The van der Waals surface area contributed by atoms with Gasteiger partial charge in [0.2, 0.25) is 11.8 Å². The number of hydrogen-bond donors (Lipinski definition) is 1. The van der Waals surface area contributed by atoms with Crippen molar-refractivity contribution < 1.29 is 14.4 Å². The Hall–Kier alpha value is -2.89. The van der Waals surface area contributed by atoms with E-state index in [0.717, 1.165) is 6.42 Å². The smallest absolute Gasteiger partial charge is 0.324 e. The molecule has 4 amide bonds. The zero-order valence-corrected chi connectivity index (χ0v) is 16.5. The number of nitrogens with zero attached hydrogens (tertiary/aromatic N) is 2. The summed E-state index contributed by atoms with van der Waals surface area (Å²) >= 11 is 0. The lowest BCUT2D eigenvalue weighted by atomic mass is 9.76. The van der Waals surface area contributed by atoms with Crippen molar-refractivity contribution in [2.24, 2.45) is 11.8 Å². The van der Waals surface area contributed by atoms with Gasteiger partial charge in [0.05, 0.1) is 5.92 Å². The molecule has 4 rings (SSSR count). The van der Waals surface area contributed by atoms with E-state index in [1.807, 2.05) is 23.1 Å². The molecule has 2 aliphatic heterocycles. The van der Waals surface area contributed by atoms with Crippen LogP contribution in [0.1, 0.15) is 31.2 Å². The van der Waals surface area contributed by atoms with Crippen LogP contribution in [-0.4, -0.2) is 53.3 Å². The van der Waals surface area contributed by atoms with Crippen LogP contribution in [0, 0.1) is 11.8 Å².